The van der Waals surface area contributed by atoms with Crippen molar-refractivity contribution in [3.05, 3.63) is 41.4 Å². The van der Waals surface area contributed by atoms with Crippen molar-refractivity contribution in [2.45, 2.75) is 18.7 Å². The summed E-state index contributed by atoms with van der Waals surface area (Å²) in [5.74, 6) is 0.244. The van der Waals surface area contributed by atoms with Crippen molar-refractivity contribution in [2.75, 3.05) is 4.72 Å². The molecule has 0 saturated heterocycles. The van der Waals surface area contributed by atoms with E-state index in [-0.39, 0.29) is 15.8 Å². The second-order valence-corrected chi connectivity index (χ2v) is 7.02. The highest BCUT2D eigenvalue weighted by molar-refractivity contribution is 7.93. The molecular formula is C13H12N4O3S2. The summed E-state index contributed by atoms with van der Waals surface area (Å²) in [4.78, 5) is 8.33. The first-order valence-corrected chi connectivity index (χ1v) is 8.65. The molecule has 9 heteroatoms. The van der Waals surface area contributed by atoms with Gasteiger partial charge in [0.25, 0.3) is 10.0 Å². The third kappa shape index (κ3) is 2.72. The summed E-state index contributed by atoms with van der Waals surface area (Å²) in [6, 6.07) is 3.65. The topological polar surface area (TPSA) is 98.0 Å². The van der Waals surface area contributed by atoms with Gasteiger partial charge in [0.1, 0.15) is 5.69 Å². The van der Waals surface area contributed by atoms with Crippen LogP contribution >= 0.6 is 11.3 Å². The zero-order valence-corrected chi connectivity index (χ0v) is 13.4. The van der Waals surface area contributed by atoms with E-state index in [1.165, 1.54) is 11.3 Å². The maximum absolute atomic E-state index is 12.4. The molecule has 0 fully saturated rings. The van der Waals surface area contributed by atoms with Crippen LogP contribution in [0.3, 0.4) is 0 Å². The lowest BCUT2D eigenvalue weighted by molar-refractivity contribution is 0.390. The molecule has 22 heavy (non-hydrogen) atoms. The van der Waals surface area contributed by atoms with E-state index in [4.69, 9.17) is 4.52 Å². The highest BCUT2D eigenvalue weighted by atomic mass is 32.2. The summed E-state index contributed by atoms with van der Waals surface area (Å²) in [7, 11) is -3.77. The van der Waals surface area contributed by atoms with E-state index < -0.39 is 10.0 Å². The zero-order chi connectivity index (χ0) is 15.7. The van der Waals surface area contributed by atoms with E-state index in [0.29, 0.717) is 11.4 Å². The maximum atomic E-state index is 12.4. The lowest BCUT2D eigenvalue weighted by Gasteiger charge is -2.03. The molecule has 3 aromatic rings. The second-order valence-electron chi connectivity index (χ2n) is 4.54. The van der Waals surface area contributed by atoms with Gasteiger partial charge in [0, 0.05) is 23.3 Å². The van der Waals surface area contributed by atoms with Crippen LogP contribution in [0.25, 0.3) is 11.3 Å². The van der Waals surface area contributed by atoms with Crippen molar-refractivity contribution >= 4 is 26.5 Å². The number of aryl methyl sites for hydroxylation is 2. The minimum atomic E-state index is -3.77. The molecule has 3 rings (SSSR count). The van der Waals surface area contributed by atoms with E-state index in [1.807, 2.05) is 6.07 Å². The average Bonchev–Trinajstić information content (AvgIpc) is 3.06. The van der Waals surface area contributed by atoms with Crippen LogP contribution < -0.4 is 4.72 Å². The highest BCUT2D eigenvalue weighted by Gasteiger charge is 2.25. The van der Waals surface area contributed by atoms with Gasteiger partial charge in [0.05, 0.1) is 5.69 Å². The Bertz CT molecular complexity index is 881. The van der Waals surface area contributed by atoms with Gasteiger partial charge in [-0.25, -0.2) is 13.4 Å². The van der Waals surface area contributed by atoms with Gasteiger partial charge in [-0.15, -0.1) is 11.3 Å². The molecule has 0 aliphatic carbocycles. The molecule has 0 aromatic carbocycles. The predicted octanol–water partition coefficient (Wildman–Crippen LogP) is 2.61. The van der Waals surface area contributed by atoms with Crippen molar-refractivity contribution in [1.29, 1.82) is 0 Å². The van der Waals surface area contributed by atoms with Gasteiger partial charge in [0.2, 0.25) is 0 Å². The Balaban J connectivity index is 1.90. The molecule has 0 aliphatic heterocycles. The van der Waals surface area contributed by atoms with Gasteiger partial charge in [0.15, 0.2) is 15.8 Å². The summed E-state index contributed by atoms with van der Waals surface area (Å²) >= 11 is 1.20. The van der Waals surface area contributed by atoms with Crippen LogP contribution in [0.5, 0.6) is 0 Å². The van der Waals surface area contributed by atoms with Gasteiger partial charge >= 0.3 is 0 Å². The van der Waals surface area contributed by atoms with Crippen molar-refractivity contribution in [3.8, 4) is 11.3 Å². The lowest BCUT2D eigenvalue weighted by atomic mass is 10.2. The quantitative estimate of drug-likeness (QED) is 0.786. The first kappa shape index (κ1) is 14.7. The Kier molecular flexibility index (Phi) is 3.67. The minimum absolute atomic E-state index is 0.0469. The third-order valence-electron chi connectivity index (χ3n) is 2.92. The van der Waals surface area contributed by atoms with Gasteiger partial charge in [-0.3, -0.25) is 9.71 Å². The van der Waals surface area contributed by atoms with E-state index in [0.717, 1.165) is 5.56 Å². The van der Waals surface area contributed by atoms with E-state index in [9.17, 15) is 8.42 Å². The van der Waals surface area contributed by atoms with Gasteiger partial charge in [-0.1, -0.05) is 5.16 Å². The van der Waals surface area contributed by atoms with Crippen LogP contribution in [0.15, 0.2) is 39.3 Å². The minimum Gasteiger partial charge on any atom is -0.360 e. The Hall–Kier alpha value is -2.26. The molecule has 1 N–H and O–H groups in total. The van der Waals surface area contributed by atoms with Crippen molar-refractivity contribution < 1.29 is 12.9 Å². The Morgan fingerprint density at radius 3 is 2.77 bits per heavy atom. The molecule has 0 atom stereocenters. The predicted molar refractivity (Wildman–Crippen MR) is 82.1 cm³/mol. The number of sulfonamides is 1. The number of hydrogen-bond acceptors (Lipinski definition) is 7. The highest BCUT2D eigenvalue weighted by Crippen LogP contribution is 2.27. The van der Waals surface area contributed by atoms with E-state index in [2.05, 4.69) is 19.8 Å². The third-order valence-corrected chi connectivity index (χ3v) is 5.39. The Labute approximate surface area is 131 Å². The number of pyridine rings is 1. The van der Waals surface area contributed by atoms with E-state index >= 15 is 0 Å². The number of aromatic nitrogens is 3. The number of thiazole rings is 1. The standard InChI is InChI=1S/C13H12N4O3S2/c1-8-12(9(2)20-16-8)22(18,19)17-13-15-11(7-21-13)10-4-3-5-14-6-10/h3-7H,1-2H3,(H,15,17). The van der Waals surface area contributed by atoms with Crippen molar-refractivity contribution in [3.63, 3.8) is 0 Å². The lowest BCUT2D eigenvalue weighted by Crippen LogP contribution is -2.14. The maximum Gasteiger partial charge on any atom is 0.269 e. The SMILES string of the molecule is Cc1noc(C)c1S(=O)(=O)Nc1nc(-c2cccnc2)cs1. The molecule has 3 heterocycles. The normalized spacial score (nSPS) is 11.5. The van der Waals surface area contributed by atoms with Crippen molar-refractivity contribution in [2.24, 2.45) is 0 Å². The molecule has 0 bridgehead atoms. The molecule has 0 amide bonds. The summed E-state index contributed by atoms with van der Waals surface area (Å²) in [5, 5.41) is 5.70. The van der Waals surface area contributed by atoms with E-state index in [1.54, 1.807) is 37.7 Å². The summed E-state index contributed by atoms with van der Waals surface area (Å²) in [5.41, 5.74) is 1.80. The molecule has 0 saturated carbocycles. The van der Waals surface area contributed by atoms with Crippen molar-refractivity contribution in [1.82, 2.24) is 15.1 Å². The van der Waals surface area contributed by atoms with Gasteiger partial charge < -0.3 is 4.52 Å². The molecule has 7 nitrogen and oxygen atoms in total. The monoisotopic (exact) mass is 336 g/mol. The molecule has 0 spiro atoms. The second kappa shape index (κ2) is 5.50. The summed E-state index contributed by atoms with van der Waals surface area (Å²) < 4.78 is 32.1. The first-order chi connectivity index (χ1) is 10.5. The molecule has 0 radical (unpaired) electrons. The van der Waals surface area contributed by atoms with Crippen LogP contribution in [-0.2, 0) is 10.0 Å². The van der Waals surface area contributed by atoms with Crippen LogP contribution in [0.2, 0.25) is 0 Å². The summed E-state index contributed by atoms with van der Waals surface area (Å²) in [6.45, 7) is 3.13. The number of hydrogen-bond donors (Lipinski definition) is 1. The average molecular weight is 336 g/mol. The number of rotatable bonds is 4. The Morgan fingerprint density at radius 2 is 2.14 bits per heavy atom. The fourth-order valence-electron chi connectivity index (χ4n) is 1.99. The molecule has 3 aromatic heterocycles. The fraction of sp³-hybridized carbons (Fsp3) is 0.154. The largest absolute Gasteiger partial charge is 0.360 e. The number of anilines is 1. The Morgan fingerprint density at radius 1 is 1.32 bits per heavy atom. The number of nitrogens with zero attached hydrogens (tertiary/aromatic N) is 3. The van der Waals surface area contributed by atoms with Gasteiger partial charge in [-0.2, -0.15) is 0 Å². The van der Waals surface area contributed by atoms with Crippen LogP contribution in [0, 0.1) is 13.8 Å². The fourth-order valence-corrected chi connectivity index (χ4v) is 4.30. The zero-order valence-electron chi connectivity index (χ0n) is 11.8. The molecule has 0 unspecified atom stereocenters. The van der Waals surface area contributed by atoms with Gasteiger partial charge in [-0.05, 0) is 26.0 Å². The molecular weight excluding hydrogens is 324 g/mol. The van der Waals surface area contributed by atoms with Crippen LogP contribution in [0.1, 0.15) is 11.5 Å². The first-order valence-electron chi connectivity index (χ1n) is 6.29. The molecule has 114 valence electrons. The van der Waals surface area contributed by atoms with Crippen LogP contribution in [-0.4, -0.2) is 23.5 Å². The molecule has 0 aliphatic rings. The van der Waals surface area contributed by atoms with Crippen LogP contribution in [0.4, 0.5) is 5.13 Å². The number of nitrogens with one attached hydrogen (secondary N) is 1. The summed E-state index contributed by atoms with van der Waals surface area (Å²) in [6.07, 6.45) is 3.33. The smallest absolute Gasteiger partial charge is 0.269 e.